The molecular formula is C6H10N2O3. The maximum Gasteiger partial charge on any atom is 0.303 e. The summed E-state index contributed by atoms with van der Waals surface area (Å²) in [6, 6.07) is 0. The van der Waals surface area contributed by atoms with Crippen LogP contribution in [0.25, 0.3) is 0 Å². The van der Waals surface area contributed by atoms with Gasteiger partial charge in [0, 0.05) is 6.42 Å². The minimum Gasteiger partial charge on any atom is -0.481 e. The highest BCUT2D eigenvalue weighted by molar-refractivity contribution is 6.39. The molecule has 0 fully saturated rings. The van der Waals surface area contributed by atoms with E-state index in [9.17, 15) is 9.59 Å². The molecule has 0 aliphatic rings. The van der Waals surface area contributed by atoms with Crippen LogP contribution in [0.1, 0.15) is 12.8 Å². The minimum absolute atomic E-state index is 0.0363. The molecule has 0 bridgehead atoms. The van der Waals surface area contributed by atoms with Gasteiger partial charge in [0.1, 0.15) is 0 Å². The number of hydrogen-bond donors (Lipinski definition) is 3. The van der Waals surface area contributed by atoms with E-state index >= 15 is 0 Å². The lowest BCUT2D eigenvalue weighted by Crippen LogP contribution is -2.23. The second-order valence-corrected chi connectivity index (χ2v) is 2.00. The first-order valence-corrected chi connectivity index (χ1v) is 3.10. The number of aliphatic carboxylic acids is 1. The summed E-state index contributed by atoms with van der Waals surface area (Å²) in [5.74, 6) is -1.51. The molecule has 0 radical (unpaired) electrons. The summed E-state index contributed by atoms with van der Waals surface area (Å²) in [5.41, 5.74) is 4.73. The SMILES string of the molecule is N=C(CCC(=O)O)C(=O)CN. The van der Waals surface area contributed by atoms with Crippen molar-refractivity contribution in [3.8, 4) is 0 Å². The van der Waals surface area contributed by atoms with Gasteiger partial charge in [-0.1, -0.05) is 0 Å². The van der Waals surface area contributed by atoms with E-state index < -0.39 is 11.8 Å². The van der Waals surface area contributed by atoms with E-state index in [2.05, 4.69) is 0 Å². The zero-order valence-corrected chi connectivity index (χ0v) is 5.96. The molecule has 5 heteroatoms. The Bertz CT molecular complexity index is 188. The van der Waals surface area contributed by atoms with Crippen molar-refractivity contribution in [2.24, 2.45) is 5.73 Å². The quantitative estimate of drug-likeness (QED) is 0.464. The number of nitrogens with one attached hydrogen (secondary N) is 1. The Morgan fingerprint density at radius 2 is 1.91 bits per heavy atom. The predicted octanol–water partition coefficient (Wildman–Crippen LogP) is -0.601. The van der Waals surface area contributed by atoms with Crippen LogP contribution in [0, 0.1) is 5.41 Å². The molecule has 0 saturated carbocycles. The molecule has 0 aromatic rings. The smallest absolute Gasteiger partial charge is 0.303 e. The van der Waals surface area contributed by atoms with Crippen molar-refractivity contribution < 1.29 is 14.7 Å². The third kappa shape index (κ3) is 4.21. The average molecular weight is 158 g/mol. The first-order chi connectivity index (χ1) is 5.07. The van der Waals surface area contributed by atoms with Crippen LogP contribution in [-0.4, -0.2) is 29.1 Å². The average Bonchev–Trinajstić information content (AvgIpc) is 1.98. The Morgan fingerprint density at radius 1 is 1.36 bits per heavy atom. The highest BCUT2D eigenvalue weighted by atomic mass is 16.4. The number of carboxylic acids is 1. The first-order valence-electron chi connectivity index (χ1n) is 3.10. The lowest BCUT2D eigenvalue weighted by Gasteiger charge is -1.96. The van der Waals surface area contributed by atoms with Crippen molar-refractivity contribution in [2.45, 2.75) is 12.8 Å². The molecular weight excluding hydrogens is 148 g/mol. The van der Waals surface area contributed by atoms with Crippen LogP contribution in [0.5, 0.6) is 0 Å². The number of Topliss-reactive ketones (excluding diaryl/α,β-unsaturated/α-hetero) is 1. The minimum atomic E-state index is -1.01. The third-order valence-electron chi connectivity index (χ3n) is 1.11. The van der Waals surface area contributed by atoms with Crippen molar-refractivity contribution >= 4 is 17.5 Å². The number of carbonyl (C=O) groups excluding carboxylic acids is 1. The predicted molar refractivity (Wildman–Crippen MR) is 38.7 cm³/mol. The van der Waals surface area contributed by atoms with Crippen molar-refractivity contribution in [1.82, 2.24) is 0 Å². The molecule has 0 spiro atoms. The number of carbonyl (C=O) groups is 2. The molecule has 0 rings (SSSR count). The van der Waals surface area contributed by atoms with E-state index in [1.807, 2.05) is 0 Å². The number of nitrogens with two attached hydrogens (primary N) is 1. The molecule has 11 heavy (non-hydrogen) atoms. The molecule has 0 unspecified atom stereocenters. The standard InChI is InChI=1S/C6H10N2O3/c7-3-5(9)4(8)1-2-6(10)11/h8H,1-3,7H2,(H,10,11). The lowest BCUT2D eigenvalue weighted by atomic mass is 10.1. The third-order valence-corrected chi connectivity index (χ3v) is 1.11. The van der Waals surface area contributed by atoms with Gasteiger partial charge in [0.15, 0.2) is 5.78 Å². The van der Waals surface area contributed by atoms with E-state index in [1.54, 1.807) is 0 Å². The van der Waals surface area contributed by atoms with Crippen molar-refractivity contribution in [3.63, 3.8) is 0 Å². The Morgan fingerprint density at radius 3 is 2.27 bits per heavy atom. The fraction of sp³-hybridized carbons (Fsp3) is 0.500. The zero-order chi connectivity index (χ0) is 8.85. The van der Waals surface area contributed by atoms with Crippen LogP contribution in [0.4, 0.5) is 0 Å². The van der Waals surface area contributed by atoms with Crippen molar-refractivity contribution in [3.05, 3.63) is 0 Å². The van der Waals surface area contributed by atoms with Gasteiger partial charge in [-0.2, -0.15) is 0 Å². The summed E-state index contributed by atoms with van der Waals surface area (Å²) in [6.45, 7) is -0.224. The highest BCUT2D eigenvalue weighted by Gasteiger charge is 2.08. The Hall–Kier alpha value is -1.23. The van der Waals surface area contributed by atoms with Crippen LogP contribution in [-0.2, 0) is 9.59 Å². The summed E-state index contributed by atoms with van der Waals surface area (Å²) < 4.78 is 0. The molecule has 5 nitrogen and oxygen atoms in total. The Labute approximate surface area is 63.7 Å². The summed E-state index contributed by atoms with van der Waals surface area (Å²) in [6.07, 6.45) is -0.226. The van der Waals surface area contributed by atoms with Gasteiger partial charge >= 0.3 is 5.97 Å². The van der Waals surface area contributed by atoms with Crippen LogP contribution in [0.3, 0.4) is 0 Å². The van der Waals surface area contributed by atoms with Crippen molar-refractivity contribution in [2.75, 3.05) is 6.54 Å². The second kappa shape index (κ2) is 4.56. The van der Waals surface area contributed by atoms with Gasteiger partial charge in [-0.05, 0) is 0 Å². The molecule has 0 aromatic heterocycles. The second-order valence-electron chi connectivity index (χ2n) is 2.00. The van der Waals surface area contributed by atoms with E-state index in [-0.39, 0.29) is 25.1 Å². The van der Waals surface area contributed by atoms with E-state index in [0.717, 1.165) is 0 Å². The molecule has 4 N–H and O–H groups in total. The monoisotopic (exact) mass is 158 g/mol. The summed E-state index contributed by atoms with van der Waals surface area (Å²) in [4.78, 5) is 20.6. The number of hydrogen-bond acceptors (Lipinski definition) is 4. The van der Waals surface area contributed by atoms with Gasteiger partial charge in [-0.3, -0.25) is 9.59 Å². The highest BCUT2D eigenvalue weighted by Crippen LogP contribution is 1.91. The largest absolute Gasteiger partial charge is 0.481 e. The number of carboxylic acid groups (broad SMARTS) is 1. The Balaban J connectivity index is 3.70. The summed E-state index contributed by atoms with van der Waals surface area (Å²) in [5, 5.41) is 15.2. The topological polar surface area (TPSA) is 104 Å². The fourth-order valence-corrected chi connectivity index (χ4v) is 0.495. The first kappa shape index (κ1) is 9.77. The van der Waals surface area contributed by atoms with Gasteiger partial charge in [-0.25, -0.2) is 0 Å². The van der Waals surface area contributed by atoms with Crippen LogP contribution < -0.4 is 5.73 Å². The van der Waals surface area contributed by atoms with Crippen LogP contribution >= 0.6 is 0 Å². The molecule has 0 aliphatic carbocycles. The van der Waals surface area contributed by atoms with Gasteiger partial charge in [0.2, 0.25) is 0 Å². The summed E-state index contributed by atoms with van der Waals surface area (Å²) in [7, 11) is 0. The molecule has 0 saturated heterocycles. The zero-order valence-electron chi connectivity index (χ0n) is 5.96. The maximum absolute atomic E-state index is 10.6. The Kier molecular flexibility index (Phi) is 4.05. The van der Waals surface area contributed by atoms with E-state index in [0.29, 0.717) is 0 Å². The fourth-order valence-electron chi connectivity index (χ4n) is 0.495. The normalized spacial score (nSPS) is 9.18. The molecule has 0 aliphatic heterocycles. The van der Waals surface area contributed by atoms with Gasteiger partial charge in [0.05, 0.1) is 18.7 Å². The molecule has 62 valence electrons. The van der Waals surface area contributed by atoms with Gasteiger partial charge in [-0.15, -0.1) is 0 Å². The molecule has 0 atom stereocenters. The van der Waals surface area contributed by atoms with Crippen LogP contribution in [0.2, 0.25) is 0 Å². The van der Waals surface area contributed by atoms with Gasteiger partial charge < -0.3 is 16.2 Å². The van der Waals surface area contributed by atoms with Crippen molar-refractivity contribution in [1.29, 1.82) is 5.41 Å². The molecule has 0 heterocycles. The summed E-state index contributed by atoms with van der Waals surface area (Å²) >= 11 is 0. The number of rotatable bonds is 5. The number of ketones is 1. The lowest BCUT2D eigenvalue weighted by molar-refractivity contribution is -0.136. The molecule has 0 aromatic carbocycles. The van der Waals surface area contributed by atoms with E-state index in [1.165, 1.54) is 0 Å². The van der Waals surface area contributed by atoms with Gasteiger partial charge in [0.25, 0.3) is 0 Å². The van der Waals surface area contributed by atoms with Crippen LogP contribution in [0.15, 0.2) is 0 Å². The molecule has 0 amide bonds. The maximum atomic E-state index is 10.6. The van der Waals surface area contributed by atoms with E-state index in [4.69, 9.17) is 16.2 Å².